The van der Waals surface area contributed by atoms with Crippen molar-refractivity contribution in [2.75, 3.05) is 39.4 Å². The number of hydrogen-bond acceptors (Lipinski definition) is 5. The van der Waals surface area contributed by atoms with Gasteiger partial charge in [0.2, 0.25) is 11.4 Å². The minimum absolute atomic E-state index is 0.000426. The maximum absolute atomic E-state index is 12.1. The third-order valence-corrected chi connectivity index (χ3v) is 4.84. The molecule has 0 unspecified atom stereocenters. The van der Waals surface area contributed by atoms with Crippen LogP contribution in [0.3, 0.4) is 0 Å². The second-order valence-electron chi connectivity index (χ2n) is 5.25. The predicted molar refractivity (Wildman–Crippen MR) is 84.8 cm³/mol. The number of para-hydroxylation sites is 1. The summed E-state index contributed by atoms with van der Waals surface area (Å²) < 4.78 is 7.20. The van der Waals surface area contributed by atoms with E-state index in [0.29, 0.717) is 38.2 Å². The molecule has 1 aliphatic heterocycles. The van der Waals surface area contributed by atoms with E-state index in [4.69, 9.17) is 4.74 Å². The Bertz CT molecular complexity index is 653. The standard InChI is InChI=1S/C15H19N3O3S/c19-14(11-17-7-9-21-10-8-17)16-6-5-15-18(20)12-3-1-2-4-13(12)22-15/h1-4H,5-11H2,(H,16,19). The van der Waals surface area contributed by atoms with Gasteiger partial charge in [-0.25, -0.2) is 0 Å². The largest absolute Gasteiger partial charge is 0.617 e. The molecule has 1 aromatic heterocycles. The van der Waals surface area contributed by atoms with Gasteiger partial charge in [0, 0.05) is 25.7 Å². The van der Waals surface area contributed by atoms with Gasteiger partial charge in [-0.1, -0.05) is 23.5 Å². The van der Waals surface area contributed by atoms with Crippen molar-refractivity contribution in [3.05, 3.63) is 34.5 Å². The van der Waals surface area contributed by atoms with Gasteiger partial charge in [-0.15, -0.1) is 0 Å². The third-order valence-electron chi connectivity index (χ3n) is 3.67. The third kappa shape index (κ3) is 3.55. The molecule has 0 atom stereocenters. The van der Waals surface area contributed by atoms with Gasteiger partial charge in [-0.05, 0) is 6.07 Å². The van der Waals surface area contributed by atoms with E-state index in [1.165, 1.54) is 11.3 Å². The molecule has 22 heavy (non-hydrogen) atoms. The fourth-order valence-corrected chi connectivity index (χ4v) is 3.54. The minimum atomic E-state index is 0.000426. The number of rotatable bonds is 5. The number of carbonyl (C=O) groups is 1. The van der Waals surface area contributed by atoms with Gasteiger partial charge in [0.05, 0.1) is 26.2 Å². The Labute approximate surface area is 132 Å². The molecular formula is C15H19N3O3S. The van der Waals surface area contributed by atoms with E-state index in [-0.39, 0.29) is 5.91 Å². The predicted octanol–water partition coefficient (Wildman–Crippen LogP) is 0.526. The number of thiazole rings is 1. The molecule has 0 spiro atoms. The molecule has 1 fully saturated rings. The van der Waals surface area contributed by atoms with Crippen molar-refractivity contribution in [1.29, 1.82) is 0 Å². The van der Waals surface area contributed by atoms with Crippen LogP contribution in [0, 0.1) is 5.21 Å². The first-order valence-corrected chi connectivity index (χ1v) is 8.22. The van der Waals surface area contributed by atoms with Gasteiger partial charge in [-0.3, -0.25) is 9.69 Å². The summed E-state index contributed by atoms with van der Waals surface area (Å²) in [7, 11) is 0. The first-order chi connectivity index (χ1) is 10.7. The molecule has 0 saturated carbocycles. The highest BCUT2D eigenvalue weighted by Gasteiger charge is 2.16. The van der Waals surface area contributed by atoms with Gasteiger partial charge >= 0.3 is 0 Å². The van der Waals surface area contributed by atoms with Crippen LogP contribution in [0.2, 0.25) is 0 Å². The van der Waals surface area contributed by atoms with Crippen LogP contribution in [-0.4, -0.2) is 50.2 Å². The lowest BCUT2D eigenvalue weighted by Gasteiger charge is -2.25. The molecule has 118 valence electrons. The number of amides is 1. The molecule has 0 aliphatic carbocycles. The summed E-state index contributed by atoms with van der Waals surface area (Å²) in [6.45, 7) is 3.84. The number of benzene rings is 1. The summed E-state index contributed by atoms with van der Waals surface area (Å²) in [6.07, 6.45) is 0.553. The van der Waals surface area contributed by atoms with Crippen LogP contribution in [-0.2, 0) is 16.0 Å². The summed E-state index contributed by atoms with van der Waals surface area (Å²) in [4.78, 5) is 14.0. The molecule has 1 N–H and O–H groups in total. The molecule has 6 nitrogen and oxygen atoms in total. The fraction of sp³-hybridized carbons (Fsp3) is 0.467. The smallest absolute Gasteiger partial charge is 0.251 e. The first-order valence-electron chi connectivity index (χ1n) is 7.41. The number of aromatic nitrogens is 1. The lowest BCUT2D eigenvalue weighted by Crippen LogP contribution is -2.43. The van der Waals surface area contributed by atoms with Gasteiger partial charge in [-0.2, -0.15) is 4.73 Å². The number of hydrogen-bond donors (Lipinski definition) is 1. The number of carbonyl (C=O) groups excluding carboxylic acids is 1. The summed E-state index contributed by atoms with van der Waals surface area (Å²) in [5.41, 5.74) is 0.696. The second kappa shape index (κ2) is 7.04. The van der Waals surface area contributed by atoms with Crippen molar-refractivity contribution in [1.82, 2.24) is 10.2 Å². The zero-order valence-electron chi connectivity index (χ0n) is 12.3. The SMILES string of the molecule is O=C(CN1CCOCC1)NCCc1sc2ccccc2[n+]1[O-]. The maximum atomic E-state index is 12.1. The van der Waals surface area contributed by atoms with Gasteiger partial charge in [0.15, 0.2) is 0 Å². The average molecular weight is 321 g/mol. The van der Waals surface area contributed by atoms with Crippen LogP contribution < -0.4 is 10.0 Å². The Kier molecular flexibility index (Phi) is 4.87. The molecule has 1 aliphatic rings. The van der Waals surface area contributed by atoms with E-state index in [2.05, 4.69) is 10.2 Å². The molecule has 1 amide bonds. The maximum Gasteiger partial charge on any atom is 0.251 e. The lowest BCUT2D eigenvalue weighted by atomic mass is 10.3. The van der Waals surface area contributed by atoms with Crippen molar-refractivity contribution in [2.45, 2.75) is 6.42 Å². The lowest BCUT2D eigenvalue weighted by molar-refractivity contribution is -0.580. The second-order valence-corrected chi connectivity index (χ2v) is 6.36. The Balaban J connectivity index is 1.49. The summed E-state index contributed by atoms with van der Waals surface area (Å²) in [5.74, 6) is 0.000426. The van der Waals surface area contributed by atoms with Gasteiger partial charge in [0.25, 0.3) is 5.01 Å². The molecule has 2 heterocycles. The number of nitrogens with zero attached hydrogens (tertiary/aromatic N) is 2. The van der Waals surface area contributed by atoms with Crippen molar-refractivity contribution in [3.8, 4) is 0 Å². The van der Waals surface area contributed by atoms with E-state index in [1.807, 2.05) is 24.3 Å². The van der Waals surface area contributed by atoms with E-state index in [9.17, 15) is 10.0 Å². The Morgan fingerprint density at radius 1 is 1.36 bits per heavy atom. The van der Waals surface area contributed by atoms with Crippen LogP contribution in [0.15, 0.2) is 24.3 Å². The number of fused-ring (bicyclic) bond motifs is 1. The molecule has 3 rings (SSSR count). The quantitative estimate of drug-likeness (QED) is 0.644. The topological polar surface area (TPSA) is 68.5 Å². The zero-order valence-corrected chi connectivity index (χ0v) is 13.1. The molecule has 1 aromatic carbocycles. The molecule has 2 aromatic rings. The zero-order chi connectivity index (χ0) is 15.4. The highest BCUT2D eigenvalue weighted by molar-refractivity contribution is 7.18. The molecule has 0 radical (unpaired) electrons. The highest BCUT2D eigenvalue weighted by atomic mass is 32.1. The van der Waals surface area contributed by atoms with Crippen molar-refractivity contribution < 1.29 is 14.3 Å². The van der Waals surface area contributed by atoms with E-state index in [0.717, 1.165) is 27.5 Å². The van der Waals surface area contributed by atoms with Gasteiger partial charge in [0.1, 0.15) is 4.70 Å². The summed E-state index contributed by atoms with van der Waals surface area (Å²) >= 11 is 1.48. The fourth-order valence-electron chi connectivity index (χ4n) is 2.49. The minimum Gasteiger partial charge on any atom is -0.617 e. The average Bonchev–Trinajstić information content (AvgIpc) is 2.85. The molecular weight excluding hydrogens is 302 g/mol. The first kappa shape index (κ1) is 15.2. The Morgan fingerprint density at radius 3 is 2.91 bits per heavy atom. The number of ether oxygens (including phenoxy) is 1. The normalized spacial score (nSPS) is 16.0. The van der Waals surface area contributed by atoms with Gasteiger partial charge < -0.3 is 15.3 Å². The van der Waals surface area contributed by atoms with Crippen LogP contribution in [0.4, 0.5) is 0 Å². The van der Waals surface area contributed by atoms with Crippen LogP contribution in [0.5, 0.6) is 0 Å². The number of nitrogens with one attached hydrogen (secondary N) is 1. The summed E-state index contributed by atoms with van der Waals surface area (Å²) in [6, 6.07) is 7.54. The van der Waals surface area contributed by atoms with Crippen molar-refractivity contribution in [2.24, 2.45) is 0 Å². The highest BCUT2D eigenvalue weighted by Crippen LogP contribution is 2.19. The van der Waals surface area contributed by atoms with Crippen LogP contribution >= 0.6 is 11.3 Å². The molecule has 1 saturated heterocycles. The van der Waals surface area contributed by atoms with E-state index >= 15 is 0 Å². The van der Waals surface area contributed by atoms with Crippen LogP contribution in [0.1, 0.15) is 5.01 Å². The van der Waals surface area contributed by atoms with Crippen LogP contribution in [0.25, 0.3) is 10.2 Å². The summed E-state index contributed by atoms with van der Waals surface area (Å²) in [5, 5.41) is 15.7. The Hall–Kier alpha value is -1.70. The monoisotopic (exact) mass is 321 g/mol. The van der Waals surface area contributed by atoms with E-state index in [1.54, 1.807) is 0 Å². The molecule has 7 heteroatoms. The van der Waals surface area contributed by atoms with E-state index < -0.39 is 0 Å². The Morgan fingerprint density at radius 2 is 2.14 bits per heavy atom. The number of morpholine rings is 1. The van der Waals surface area contributed by atoms with Crippen molar-refractivity contribution >= 4 is 27.5 Å². The molecule has 0 bridgehead atoms. The van der Waals surface area contributed by atoms with Crippen molar-refractivity contribution in [3.63, 3.8) is 0 Å².